The largest absolute Gasteiger partial charge is 0.493 e. The van der Waals surface area contributed by atoms with Gasteiger partial charge in [-0.1, -0.05) is 27.5 Å². The lowest BCUT2D eigenvalue weighted by Crippen LogP contribution is -2.06. The summed E-state index contributed by atoms with van der Waals surface area (Å²) in [4.78, 5) is 0. The van der Waals surface area contributed by atoms with Gasteiger partial charge in [0, 0.05) is 33.6 Å². The number of aliphatic hydroxyl groups excluding tert-OH is 1. The van der Waals surface area contributed by atoms with Crippen LogP contribution < -0.4 is 10.5 Å². The van der Waals surface area contributed by atoms with Crippen molar-refractivity contribution >= 4 is 33.2 Å². The minimum Gasteiger partial charge on any atom is -0.493 e. The van der Waals surface area contributed by atoms with E-state index < -0.39 is 6.10 Å². The summed E-state index contributed by atoms with van der Waals surface area (Å²) in [7, 11) is 0. The van der Waals surface area contributed by atoms with Gasteiger partial charge in [-0.3, -0.25) is 0 Å². The van der Waals surface area contributed by atoms with E-state index in [1.54, 1.807) is 6.07 Å². The summed E-state index contributed by atoms with van der Waals surface area (Å²) in [5, 5.41) is 11.2. The van der Waals surface area contributed by atoms with Gasteiger partial charge in [-0.15, -0.1) is 0 Å². The van der Waals surface area contributed by atoms with E-state index in [1.807, 2.05) is 24.3 Å². The van der Waals surface area contributed by atoms with Crippen molar-refractivity contribution in [3.63, 3.8) is 0 Å². The summed E-state index contributed by atoms with van der Waals surface area (Å²) in [5.74, 6) is 0.854. The zero-order chi connectivity index (χ0) is 15.0. The van der Waals surface area contributed by atoms with Crippen molar-refractivity contribution in [3.05, 3.63) is 56.5 Å². The second-order valence-corrected chi connectivity index (χ2v) is 6.50. The van der Waals surface area contributed by atoms with Crippen LogP contribution >= 0.6 is 27.5 Å². The number of halogens is 2. The van der Waals surface area contributed by atoms with Crippen molar-refractivity contribution in [2.24, 2.45) is 0 Å². The number of aliphatic hydroxyl groups is 1. The average molecular weight is 369 g/mol. The monoisotopic (exact) mass is 367 g/mol. The molecule has 110 valence electrons. The Balaban J connectivity index is 1.92. The Morgan fingerprint density at radius 3 is 2.95 bits per heavy atom. The Labute approximate surface area is 136 Å². The smallest absolute Gasteiger partial charge is 0.126 e. The highest BCUT2D eigenvalue weighted by Crippen LogP contribution is 2.36. The van der Waals surface area contributed by atoms with Gasteiger partial charge in [-0.2, -0.15) is 0 Å². The molecule has 0 spiro atoms. The SMILES string of the molecule is Nc1ccc(Br)cc1C(O)Cc1cc(Cl)cc2c1OCC2. The molecule has 0 fully saturated rings. The number of nitrogen functional groups attached to an aromatic ring is 1. The van der Waals surface area contributed by atoms with E-state index in [1.165, 1.54) is 0 Å². The number of hydrogen-bond donors (Lipinski definition) is 2. The van der Waals surface area contributed by atoms with Crippen molar-refractivity contribution < 1.29 is 9.84 Å². The molecule has 2 aromatic rings. The van der Waals surface area contributed by atoms with Crippen LogP contribution in [0.15, 0.2) is 34.8 Å². The maximum Gasteiger partial charge on any atom is 0.126 e. The zero-order valence-corrected chi connectivity index (χ0v) is 13.6. The first-order chi connectivity index (χ1) is 10.0. The minimum absolute atomic E-state index is 0.420. The first-order valence-corrected chi connectivity index (χ1v) is 7.89. The van der Waals surface area contributed by atoms with E-state index in [-0.39, 0.29) is 0 Å². The third kappa shape index (κ3) is 3.03. The number of nitrogens with two attached hydrogens (primary N) is 1. The third-order valence-corrected chi connectivity index (χ3v) is 4.36. The summed E-state index contributed by atoms with van der Waals surface area (Å²) < 4.78 is 6.55. The van der Waals surface area contributed by atoms with Crippen LogP contribution in [0.2, 0.25) is 5.02 Å². The van der Waals surface area contributed by atoms with Gasteiger partial charge in [0.05, 0.1) is 12.7 Å². The van der Waals surface area contributed by atoms with E-state index in [2.05, 4.69) is 15.9 Å². The zero-order valence-electron chi connectivity index (χ0n) is 11.3. The van der Waals surface area contributed by atoms with E-state index in [9.17, 15) is 5.11 Å². The van der Waals surface area contributed by atoms with Crippen molar-refractivity contribution in [2.75, 3.05) is 12.3 Å². The van der Waals surface area contributed by atoms with E-state index in [0.29, 0.717) is 29.3 Å². The van der Waals surface area contributed by atoms with Gasteiger partial charge in [-0.05, 0) is 41.5 Å². The fraction of sp³-hybridized carbons (Fsp3) is 0.250. The molecule has 0 aromatic heterocycles. The second kappa shape index (κ2) is 5.87. The predicted molar refractivity (Wildman–Crippen MR) is 87.9 cm³/mol. The molecule has 1 unspecified atom stereocenters. The lowest BCUT2D eigenvalue weighted by molar-refractivity contribution is 0.178. The molecule has 0 aliphatic carbocycles. The molecule has 1 heterocycles. The van der Waals surface area contributed by atoms with Gasteiger partial charge in [0.25, 0.3) is 0 Å². The van der Waals surface area contributed by atoms with Crippen LogP contribution in [0.5, 0.6) is 5.75 Å². The van der Waals surface area contributed by atoms with Gasteiger partial charge in [0.15, 0.2) is 0 Å². The Hall–Kier alpha value is -1.23. The average Bonchev–Trinajstić information content (AvgIpc) is 2.89. The third-order valence-electron chi connectivity index (χ3n) is 3.65. The second-order valence-electron chi connectivity index (χ2n) is 5.14. The molecule has 0 radical (unpaired) electrons. The molecule has 1 atom stereocenters. The van der Waals surface area contributed by atoms with Crippen LogP contribution in [0.4, 0.5) is 5.69 Å². The van der Waals surface area contributed by atoms with Crippen molar-refractivity contribution in [1.82, 2.24) is 0 Å². The van der Waals surface area contributed by atoms with E-state index >= 15 is 0 Å². The maximum absolute atomic E-state index is 10.5. The highest BCUT2D eigenvalue weighted by atomic mass is 79.9. The standard InChI is InChI=1S/C16H15BrClNO2/c17-11-1-2-14(19)13(8-11)15(20)7-10-6-12(18)5-9-3-4-21-16(9)10/h1-2,5-6,8,15,20H,3-4,7,19H2. The summed E-state index contributed by atoms with van der Waals surface area (Å²) in [6, 6.07) is 9.25. The Kier molecular flexibility index (Phi) is 4.11. The molecule has 21 heavy (non-hydrogen) atoms. The van der Waals surface area contributed by atoms with Crippen molar-refractivity contribution in [1.29, 1.82) is 0 Å². The van der Waals surface area contributed by atoms with E-state index in [4.69, 9.17) is 22.1 Å². The van der Waals surface area contributed by atoms with Crippen LogP contribution in [-0.4, -0.2) is 11.7 Å². The molecular formula is C16H15BrClNO2. The molecule has 0 saturated heterocycles. The summed E-state index contributed by atoms with van der Waals surface area (Å²) in [5.41, 5.74) is 9.25. The number of benzene rings is 2. The molecule has 3 rings (SSSR count). The lowest BCUT2D eigenvalue weighted by atomic mass is 9.98. The molecule has 0 bridgehead atoms. The summed E-state index contributed by atoms with van der Waals surface area (Å²) in [6.07, 6.45) is 0.580. The fourth-order valence-corrected chi connectivity index (χ4v) is 3.29. The van der Waals surface area contributed by atoms with Gasteiger partial charge in [0.1, 0.15) is 5.75 Å². The van der Waals surface area contributed by atoms with Crippen molar-refractivity contribution in [3.8, 4) is 5.75 Å². The Morgan fingerprint density at radius 2 is 2.14 bits per heavy atom. The number of hydrogen-bond acceptors (Lipinski definition) is 3. The van der Waals surface area contributed by atoms with Gasteiger partial charge in [0.2, 0.25) is 0 Å². The fourth-order valence-electron chi connectivity index (χ4n) is 2.65. The molecule has 0 amide bonds. The molecule has 0 saturated carbocycles. The molecule has 2 aromatic carbocycles. The van der Waals surface area contributed by atoms with Crippen LogP contribution in [-0.2, 0) is 12.8 Å². The summed E-state index contributed by atoms with van der Waals surface area (Å²) in [6.45, 7) is 0.664. The minimum atomic E-state index is -0.700. The van der Waals surface area contributed by atoms with Gasteiger partial charge >= 0.3 is 0 Å². The number of ether oxygens (including phenoxy) is 1. The molecule has 3 N–H and O–H groups in total. The highest BCUT2D eigenvalue weighted by molar-refractivity contribution is 9.10. The van der Waals surface area contributed by atoms with Crippen LogP contribution in [0.1, 0.15) is 22.8 Å². The number of fused-ring (bicyclic) bond motifs is 1. The number of anilines is 1. The topological polar surface area (TPSA) is 55.5 Å². The lowest BCUT2D eigenvalue weighted by Gasteiger charge is -2.16. The highest BCUT2D eigenvalue weighted by Gasteiger charge is 2.21. The quantitative estimate of drug-likeness (QED) is 0.808. The van der Waals surface area contributed by atoms with Crippen molar-refractivity contribution in [2.45, 2.75) is 18.9 Å². The Morgan fingerprint density at radius 1 is 1.33 bits per heavy atom. The van der Waals surface area contributed by atoms with Crippen LogP contribution in [0.3, 0.4) is 0 Å². The number of rotatable bonds is 3. The van der Waals surface area contributed by atoms with Crippen LogP contribution in [0, 0.1) is 0 Å². The molecule has 1 aliphatic heterocycles. The van der Waals surface area contributed by atoms with Gasteiger partial charge in [-0.25, -0.2) is 0 Å². The predicted octanol–water partition coefficient (Wildman–Crippen LogP) is 3.90. The maximum atomic E-state index is 10.5. The summed E-state index contributed by atoms with van der Waals surface area (Å²) >= 11 is 9.54. The van der Waals surface area contributed by atoms with E-state index in [0.717, 1.165) is 27.8 Å². The molecule has 3 nitrogen and oxygen atoms in total. The van der Waals surface area contributed by atoms with Crippen LogP contribution in [0.25, 0.3) is 0 Å². The Bertz CT molecular complexity index is 690. The first-order valence-electron chi connectivity index (χ1n) is 6.71. The van der Waals surface area contributed by atoms with Gasteiger partial charge < -0.3 is 15.6 Å². The molecular weight excluding hydrogens is 354 g/mol. The molecule has 1 aliphatic rings. The molecule has 5 heteroatoms. The first kappa shape index (κ1) is 14.7. The normalized spacial score (nSPS) is 14.6.